The largest absolute Gasteiger partial charge is 0.361 e. The van der Waals surface area contributed by atoms with Gasteiger partial charge in [0.25, 0.3) is 0 Å². The van der Waals surface area contributed by atoms with E-state index in [4.69, 9.17) is 4.52 Å². The second kappa shape index (κ2) is 5.66. The Bertz CT molecular complexity index is 795. The Morgan fingerprint density at radius 3 is 2.48 bits per heavy atom. The molecule has 0 unspecified atom stereocenters. The van der Waals surface area contributed by atoms with Crippen LogP contribution in [0.5, 0.6) is 0 Å². The van der Waals surface area contributed by atoms with Crippen molar-refractivity contribution in [1.82, 2.24) is 24.4 Å². The average molecular weight is 312 g/mol. The molecular formula is C16H20N6O. The van der Waals surface area contributed by atoms with Crippen LogP contribution in [0.4, 0.5) is 5.82 Å². The lowest BCUT2D eigenvalue weighted by molar-refractivity contribution is 0.247. The number of hydrogen-bond donors (Lipinski definition) is 0. The van der Waals surface area contributed by atoms with E-state index < -0.39 is 0 Å². The molecule has 0 bridgehead atoms. The Balaban J connectivity index is 1.46. The lowest BCUT2D eigenvalue weighted by atomic mass is 10.2. The molecule has 0 aliphatic carbocycles. The van der Waals surface area contributed by atoms with Crippen LogP contribution in [0.3, 0.4) is 0 Å². The highest BCUT2D eigenvalue weighted by molar-refractivity contribution is 5.64. The molecule has 0 saturated carbocycles. The Morgan fingerprint density at radius 1 is 1.04 bits per heavy atom. The third-order valence-corrected chi connectivity index (χ3v) is 4.53. The third-order valence-electron chi connectivity index (χ3n) is 4.53. The van der Waals surface area contributed by atoms with E-state index in [1.54, 1.807) is 0 Å². The molecule has 0 atom stereocenters. The zero-order valence-corrected chi connectivity index (χ0v) is 13.4. The molecule has 0 aromatic carbocycles. The molecule has 120 valence electrons. The monoisotopic (exact) mass is 312 g/mol. The van der Waals surface area contributed by atoms with Gasteiger partial charge in [0, 0.05) is 63.1 Å². The predicted molar refractivity (Wildman–Crippen MR) is 86.5 cm³/mol. The second-order valence-electron chi connectivity index (χ2n) is 5.97. The maximum Gasteiger partial charge on any atom is 0.180 e. The molecule has 1 aliphatic rings. The van der Waals surface area contributed by atoms with E-state index in [1.807, 2.05) is 43.0 Å². The summed E-state index contributed by atoms with van der Waals surface area (Å²) >= 11 is 0. The van der Waals surface area contributed by atoms with E-state index in [9.17, 15) is 0 Å². The summed E-state index contributed by atoms with van der Waals surface area (Å²) in [6, 6.07) is 0. The molecule has 0 N–H and O–H groups in total. The standard InChI is InChI=1S/C16H20N6O/c1-12-14(13(2)23-19-12)11-20-7-9-22(10-8-20)16-15-17-3-5-21(15)6-4-18-16/h3-6H,7-11H2,1-2H3. The van der Waals surface area contributed by atoms with Crippen LogP contribution < -0.4 is 4.90 Å². The van der Waals surface area contributed by atoms with Crippen LogP contribution in [0.1, 0.15) is 17.0 Å². The summed E-state index contributed by atoms with van der Waals surface area (Å²) in [5, 5.41) is 4.04. The zero-order chi connectivity index (χ0) is 15.8. The van der Waals surface area contributed by atoms with E-state index in [1.165, 1.54) is 5.56 Å². The topological polar surface area (TPSA) is 62.7 Å². The lowest BCUT2D eigenvalue weighted by Gasteiger charge is -2.35. The first-order chi connectivity index (χ1) is 11.2. The minimum Gasteiger partial charge on any atom is -0.361 e. The molecule has 7 nitrogen and oxygen atoms in total. The summed E-state index contributed by atoms with van der Waals surface area (Å²) in [6.07, 6.45) is 7.53. The summed E-state index contributed by atoms with van der Waals surface area (Å²) < 4.78 is 7.27. The van der Waals surface area contributed by atoms with Gasteiger partial charge in [-0.3, -0.25) is 4.90 Å². The number of hydrogen-bond acceptors (Lipinski definition) is 6. The first-order valence-electron chi connectivity index (χ1n) is 7.89. The van der Waals surface area contributed by atoms with Gasteiger partial charge in [-0.15, -0.1) is 0 Å². The van der Waals surface area contributed by atoms with Gasteiger partial charge in [0.2, 0.25) is 0 Å². The van der Waals surface area contributed by atoms with Crippen LogP contribution in [0.15, 0.2) is 29.3 Å². The molecule has 0 amide bonds. The van der Waals surface area contributed by atoms with E-state index in [0.29, 0.717) is 0 Å². The van der Waals surface area contributed by atoms with Crippen molar-refractivity contribution in [2.45, 2.75) is 20.4 Å². The molecular weight excluding hydrogens is 292 g/mol. The lowest BCUT2D eigenvalue weighted by Crippen LogP contribution is -2.46. The number of imidazole rings is 1. The maximum absolute atomic E-state index is 5.26. The highest BCUT2D eigenvalue weighted by Crippen LogP contribution is 2.20. The molecule has 7 heteroatoms. The number of aryl methyl sites for hydroxylation is 2. The fourth-order valence-corrected chi connectivity index (χ4v) is 3.13. The number of anilines is 1. The highest BCUT2D eigenvalue weighted by Gasteiger charge is 2.22. The van der Waals surface area contributed by atoms with Crippen molar-refractivity contribution in [1.29, 1.82) is 0 Å². The third kappa shape index (κ3) is 2.57. The van der Waals surface area contributed by atoms with Crippen LogP contribution in [0.2, 0.25) is 0 Å². The molecule has 1 aliphatic heterocycles. The Hall–Kier alpha value is -2.41. The number of nitrogens with zero attached hydrogens (tertiary/aromatic N) is 6. The van der Waals surface area contributed by atoms with E-state index in [2.05, 4.69) is 24.9 Å². The number of piperazine rings is 1. The van der Waals surface area contributed by atoms with Crippen LogP contribution >= 0.6 is 0 Å². The fourth-order valence-electron chi connectivity index (χ4n) is 3.13. The molecule has 3 aromatic heterocycles. The molecule has 0 spiro atoms. The van der Waals surface area contributed by atoms with Crippen LogP contribution in [-0.4, -0.2) is 50.6 Å². The van der Waals surface area contributed by atoms with Gasteiger partial charge >= 0.3 is 0 Å². The molecule has 3 aromatic rings. The summed E-state index contributed by atoms with van der Waals surface area (Å²) in [7, 11) is 0. The quantitative estimate of drug-likeness (QED) is 0.733. The molecule has 1 fully saturated rings. The van der Waals surface area contributed by atoms with Gasteiger partial charge in [-0.05, 0) is 13.8 Å². The Labute approximate surface area is 134 Å². The van der Waals surface area contributed by atoms with Gasteiger partial charge in [-0.25, -0.2) is 9.97 Å². The Morgan fingerprint density at radius 2 is 1.78 bits per heavy atom. The van der Waals surface area contributed by atoms with E-state index >= 15 is 0 Å². The normalized spacial score (nSPS) is 16.3. The van der Waals surface area contributed by atoms with Gasteiger partial charge in [0.1, 0.15) is 5.76 Å². The number of aromatic nitrogens is 4. The van der Waals surface area contributed by atoms with Gasteiger partial charge in [-0.2, -0.15) is 0 Å². The van der Waals surface area contributed by atoms with Crippen molar-refractivity contribution in [3.63, 3.8) is 0 Å². The van der Waals surface area contributed by atoms with E-state index in [0.717, 1.165) is 55.6 Å². The fraction of sp³-hybridized carbons (Fsp3) is 0.438. The van der Waals surface area contributed by atoms with E-state index in [-0.39, 0.29) is 0 Å². The van der Waals surface area contributed by atoms with Crippen molar-refractivity contribution in [3.05, 3.63) is 41.8 Å². The van der Waals surface area contributed by atoms with Crippen LogP contribution in [-0.2, 0) is 6.54 Å². The first-order valence-corrected chi connectivity index (χ1v) is 7.89. The SMILES string of the molecule is Cc1noc(C)c1CN1CCN(c2nccn3ccnc23)CC1. The van der Waals surface area contributed by atoms with Crippen molar-refractivity contribution in [2.24, 2.45) is 0 Å². The van der Waals surface area contributed by atoms with Crippen molar-refractivity contribution in [3.8, 4) is 0 Å². The van der Waals surface area contributed by atoms with Crippen LogP contribution in [0, 0.1) is 13.8 Å². The van der Waals surface area contributed by atoms with Gasteiger partial charge in [-0.1, -0.05) is 5.16 Å². The molecule has 4 heterocycles. The van der Waals surface area contributed by atoms with Gasteiger partial charge in [0.05, 0.1) is 5.69 Å². The first kappa shape index (κ1) is 14.2. The average Bonchev–Trinajstić information content (AvgIpc) is 3.17. The summed E-state index contributed by atoms with van der Waals surface area (Å²) in [4.78, 5) is 13.7. The summed E-state index contributed by atoms with van der Waals surface area (Å²) in [6.45, 7) is 8.77. The van der Waals surface area contributed by atoms with Crippen molar-refractivity contribution < 1.29 is 4.52 Å². The minimum atomic E-state index is 0.899. The maximum atomic E-state index is 5.26. The van der Waals surface area contributed by atoms with Crippen molar-refractivity contribution >= 4 is 11.5 Å². The van der Waals surface area contributed by atoms with Gasteiger partial charge < -0.3 is 13.8 Å². The van der Waals surface area contributed by atoms with Crippen molar-refractivity contribution in [2.75, 3.05) is 31.1 Å². The molecule has 23 heavy (non-hydrogen) atoms. The Kier molecular flexibility index (Phi) is 3.49. The number of rotatable bonds is 3. The summed E-state index contributed by atoms with van der Waals surface area (Å²) in [5.41, 5.74) is 3.13. The van der Waals surface area contributed by atoms with Crippen LogP contribution in [0.25, 0.3) is 5.65 Å². The number of fused-ring (bicyclic) bond motifs is 1. The predicted octanol–water partition coefficient (Wildman–Crippen LogP) is 1.66. The molecule has 4 rings (SSSR count). The van der Waals surface area contributed by atoms with Gasteiger partial charge in [0.15, 0.2) is 11.5 Å². The molecule has 1 saturated heterocycles. The molecule has 0 radical (unpaired) electrons. The highest BCUT2D eigenvalue weighted by atomic mass is 16.5. The smallest absolute Gasteiger partial charge is 0.180 e. The summed E-state index contributed by atoms with van der Waals surface area (Å²) in [5.74, 6) is 1.89. The minimum absolute atomic E-state index is 0.899. The zero-order valence-electron chi connectivity index (χ0n) is 13.4. The second-order valence-corrected chi connectivity index (χ2v) is 5.97.